The van der Waals surface area contributed by atoms with Gasteiger partial charge >= 0.3 is 5.97 Å². The molecule has 1 aromatic rings. The largest absolute Gasteiger partial charge is 0.478 e. The summed E-state index contributed by atoms with van der Waals surface area (Å²) >= 11 is 0. The topological polar surface area (TPSA) is 74.7 Å². The third-order valence-corrected chi connectivity index (χ3v) is 4.79. The fourth-order valence-corrected chi connectivity index (χ4v) is 3.34. The second-order valence-electron chi connectivity index (χ2n) is 4.67. The van der Waals surface area contributed by atoms with E-state index in [2.05, 4.69) is 6.58 Å². The van der Waals surface area contributed by atoms with Gasteiger partial charge in [-0.05, 0) is 31.5 Å². The maximum atomic E-state index is 12.5. The minimum absolute atomic E-state index is 0.00236. The lowest BCUT2D eigenvalue weighted by Crippen LogP contribution is -2.32. The second kappa shape index (κ2) is 6.19. The predicted molar refractivity (Wildman–Crippen MR) is 77.4 cm³/mol. The van der Waals surface area contributed by atoms with E-state index in [-0.39, 0.29) is 17.0 Å². The Labute approximate surface area is 119 Å². The molecule has 6 heteroatoms. The molecule has 0 unspecified atom stereocenters. The van der Waals surface area contributed by atoms with Crippen LogP contribution >= 0.6 is 0 Å². The van der Waals surface area contributed by atoms with Crippen LogP contribution in [0.3, 0.4) is 0 Å². The molecule has 20 heavy (non-hydrogen) atoms. The second-order valence-corrected chi connectivity index (χ2v) is 6.61. The summed E-state index contributed by atoms with van der Waals surface area (Å²) in [5, 5.41) is 9.07. The molecule has 110 valence electrons. The number of sulfonamides is 1. The summed E-state index contributed by atoms with van der Waals surface area (Å²) in [4.78, 5) is 11.1. The van der Waals surface area contributed by atoms with Gasteiger partial charge < -0.3 is 5.11 Å². The van der Waals surface area contributed by atoms with E-state index in [0.29, 0.717) is 12.1 Å². The van der Waals surface area contributed by atoms with Crippen LogP contribution in [0, 0.1) is 6.92 Å². The smallest absolute Gasteiger partial charge is 0.335 e. The number of benzene rings is 1. The van der Waals surface area contributed by atoms with Gasteiger partial charge in [0.2, 0.25) is 10.0 Å². The fraction of sp³-hybridized carbons (Fsp3) is 0.357. The van der Waals surface area contributed by atoms with Crippen molar-refractivity contribution in [2.24, 2.45) is 0 Å². The first kappa shape index (κ1) is 16.4. The number of carboxylic acids is 1. The van der Waals surface area contributed by atoms with Gasteiger partial charge in [-0.25, -0.2) is 13.2 Å². The minimum Gasteiger partial charge on any atom is -0.478 e. The van der Waals surface area contributed by atoms with Crippen LogP contribution in [0.5, 0.6) is 0 Å². The summed E-state index contributed by atoms with van der Waals surface area (Å²) in [5.41, 5.74) is 1.25. The summed E-state index contributed by atoms with van der Waals surface area (Å²) in [7, 11) is -3.71. The van der Waals surface area contributed by atoms with Crippen molar-refractivity contribution in [2.45, 2.75) is 25.7 Å². The highest BCUT2D eigenvalue weighted by atomic mass is 32.2. The molecule has 1 aromatic carbocycles. The molecule has 0 radical (unpaired) electrons. The molecular formula is C14H19NO4S. The lowest BCUT2D eigenvalue weighted by Gasteiger charge is -2.21. The van der Waals surface area contributed by atoms with Gasteiger partial charge in [-0.1, -0.05) is 25.1 Å². The third kappa shape index (κ3) is 3.46. The van der Waals surface area contributed by atoms with E-state index in [0.717, 1.165) is 5.57 Å². The average molecular weight is 297 g/mol. The number of carboxylic acid groups (broad SMARTS) is 1. The molecule has 0 aliphatic heterocycles. The Morgan fingerprint density at radius 2 is 2.00 bits per heavy atom. The number of nitrogens with zero attached hydrogens (tertiary/aromatic N) is 1. The summed E-state index contributed by atoms with van der Waals surface area (Å²) in [6.07, 6.45) is 0. The molecule has 1 N–H and O–H groups in total. The van der Waals surface area contributed by atoms with Crippen molar-refractivity contribution in [2.75, 3.05) is 13.1 Å². The van der Waals surface area contributed by atoms with Crippen LogP contribution < -0.4 is 0 Å². The molecule has 0 spiro atoms. The first-order valence-corrected chi connectivity index (χ1v) is 7.62. The van der Waals surface area contributed by atoms with E-state index < -0.39 is 16.0 Å². The minimum atomic E-state index is -3.71. The van der Waals surface area contributed by atoms with Gasteiger partial charge in [0, 0.05) is 13.1 Å². The number of rotatable bonds is 6. The van der Waals surface area contributed by atoms with Crippen LogP contribution in [-0.4, -0.2) is 36.9 Å². The van der Waals surface area contributed by atoms with Crippen molar-refractivity contribution in [1.29, 1.82) is 0 Å². The summed E-state index contributed by atoms with van der Waals surface area (Å²) in [6, 6.07) is 4.14. The van der Waals surface area contributed by atoms with E-state index in [1.165, 1.54) is 22.5 Å². The highest BCUT2D eigenvalue weighted by molar-refractivity contribution is 7.89. The Morgan fingerprint density at radius 1 is 1.40 bits per heavy atom. The van der Waals surface area contributed by atoms with Crippen molar-refractivity contribution in [1.82, 2.24) is 4.31 Å². The van der Waals surface area contributed by atoms with Gasteiger partial charge in [0.05, 0.1) is 10.5 Å². The lowest BCUT2D eigenvalue weighted by molar-refractivity contribution is 0.0696. The lowest BCUT2D eigenvalue weighted by atomic mass is 10.1. The van der Waals surface area contributed by atoms with E-state index in [1.807, 2.05) is 0 Å². The highest BCUT2D eigenvalue weighted by Gasteiger charge is 2.24. The molecule has 0 atom stereocenters. The zero-order valence-electron chi connectivity index (χ0n) is 11.9. The highest BCUT2D eigenvalue weighted by Crippen LogP contribution is 2.20. The van der Waals surface area contributed by atoms with Crippen molar-refractivity contribution in [3.8, 4) is 0 Å². The van der Waals surface area contributed by atoms with Gasteiger partial charge in [-0.2, -0.15) is 4.31 Å². The quantitative estimate of drug-likeness (QED) is 0.817. The molecule has 0 amide bonds. The number of carbonyl (C=O) groups is 1. The molecule has 0 fully saturated rings. The van der Waals surface area contributed by atoms with Gasteiger partial charge in [-0.3, -0.25) is 0 Å². The van der Waals surface area contributed by atoms with Gasteiger partial charge in [-0.15, -0.1) is 0 Å². The Morgan fingerprint density at radius 3 is 2.45 bits per heavy atom. The standard InChI is InChI=1S/C14H19NO4S/c1-5-15(9-10(2)3)20(18,19)12-7-6-11(4)13(8-12)14(16)17/h6-8H,2,5,9H2,1,3-4H3,(H,16,17). The molecule has 0 saturated carbocycles. The van der Waals surface area contributed by atoms with Crippen LogP contribution in [0.25, 0.3) is 0 Å². The predicted octanol–water partition coefficient (Wildman–Crippen LogP) is 2.28. The summed E-state index contributed by atoms with van der Waals surface area (Å²) < 4.78 is 26.2. The zero-order chi connectivity index (χ0) is 15.5. The normalized spacial score (nSPS) is 11.6. The van der Waals surface area contributed by atoms with Crippen molar-refractivity contribution in [3.63, 3.8) is 0 Å². The third-order valence-electron chi connectivity index (χ3n) is 2.88. The maximum absolute atomic E-state index is 12.5. The zero-order valence-corrected chi connectivity index (χ0v) is 12.7. The van der Waals surface area contributed by atoms with Crippen molar-refractivity contribution < 1.29 is 18.3 Å². The van der Waals surface area contributed by atoms with Crippen molar-refractivity contribution in [3.05, 3.63) is 41.5 Å². The van der Waals surface area contributed by atoms with Crippen LogP contribution in [0.2, 0.25) is 0 Å². The van der Waals surface area contributed by atoms with Gasteiger partial charge in [0.1, 0.15) is 0 Å². The summed E-state index contributed by atoms with van der Waals surface area (Å²) in [6.45, 7) is 9.33. The first-order valence-electron chi connectivity index (χ1n) is 6.18. The number of hydrogen-bond donors (Lipinski definition) is 1. The fourth-order valence-electron chi connectivity index (χ4n) is 1.81. The SMILES string of the molecule is C=C(C)CN(CC)S(=O)(=O)c1ccc(C)c(C(=O)O)c1. The Bertz CT molecular complexity index is 635. The van der Waals surface area contributed by atoms with E-state index in [1.54, 1.807) is 20.8 Å². The van der Waals surface area contributed by atoms with Crippen molar-refractivity contribution >= 4 is 16.0 Å². The number of hydrogen-bond acceptors (Lipinski definition) is 3. The number of aromatic carboxylic acids is 1. The maximum Gasteiger partial charge on any atom is 0.335 e. The van der Waals surface area contributed by atoms with Crippen LogP contribution in [0.1, 0.15) is 29.8 Å². The molecule has 0 aliphatic carbocycles. The molecule has 5 nitrogen and oxygen atoms in total. The Hall–Kier alpha value is -1.66. The van der Waals surface area contributed by atoms with E-state index in [4.69, 9.17) is 5.11 Å². The molecular weight excluding hydrogens is 278 g/mol. The molecule has 0 aliphatic rings. The molecule has 0 aromatic heterocycles. The summed E-state index contributed by atoms with van der Waals surface area (Å²) in [5.74, 6) is -1.14. The van der Waals surface area contributed by atoms with E-state index in [9.17, 15) is 13.2 Å². The Kier molecular flexibility index (Phi) is 5.08. The van der Waals surface area contributed by atoms with Gasteiger partial charge in [0.25, 0.3) is 0 Å². The monoisotopic (exact) mass is 297 g/mol. The number of likely N-dealkylation sites (N-methyl/N-ethyl adjacent to an activating group) is 1. The average Bonchev–Trinajstić information content (AvgIpc) is 2.35. The number of aryl methyl sites for hydroxylation is 1. The molecule has 1 rings (SSSR count). The van der Waals surface area contributed by atoms with Gasteiger partial charge in [0.15, 0.2) is 0 Å². The van der Waals surface area contributed by atoms with Crippen LogP contribution in [-0.2, 0) is 10.0 Å². The van der Waals surface area contributed by atoms with Crippen LogP contribution in [0.4, 0.5) is 0 Å². The molecule has 0 bridgehead atoms. The molecule has 0 saturated heterocycles. The first-order chi connectivity index (χ1) is 9.20. The molecule has 0 heterocycles. The van der Waals surface area contributed by atoms with Crippen LogP contribution in [0.15, 0.2) is 35.2 Å². The Balaban J connectivity index is 3.31. The van der Waals surface area contributed by atoms with E-state index >= 15 is 0 Å².